The zero-order valence-corrected chi connectivity index (χ0v) is 28.2. The van der Waals surface area contributed by atoms with Gasteiger partial charge in [-0.05, 0) is 0 Å². The van der Waals surface area contributed by atoms with Crippen LogP contribution < -0.4 is 24.8 Å². The van der Waals surface area contributed by atoms with Crippen LogP contribution in [0.25, 0.3) is 0 Å². The number of unbranched alkanes of at least 4 members (excludes halogenated alkanes) is 2. The minimum Gasteiger partial charge on any atom is -1.00 e. The van der Waals surface area contributed by atoms with Crippen LogP contribution >= 0.6 is 23.5 Å². The van der Waals surface area contributed by atoms with Crippen LogP contribution in [0.15, 0.2) is 90.5 Å². The molecule has 0 N–H and O–H groups in total. The molecule has 4 aliphatic rings. The Morgan fingerprint density at radius 1 is 0.771 bits per heavy atom. The van der Waals surface area contributed by atoms with E-state index in [1.54, 1.807) is 21.0 Å². The molecule has 0 bridgehead atoms. The number of allylic oxidation sites excluding steroid dienone is 14. The maximum atomic E-state index is 2.57. The SMILES string of the molecule is CCCCC(C1=CCC(C)=C1)=C1SC=C[CH]1[Hf+2][CH]1C=CSC1=C(CCCC)C1=CCC(C)=C1.[Cl-].[Cl-]. The van der Waals surface area contributed by atoms with Crippen LogP contribution in [0, 0.1) is 0 Å². The quantitative estimate of drug-likeness (QED) is 0.304. The smallest absolute Gasteiger partial charge is 1.00 e. The van der Waals surface area contributed by atoms with Gasteiger partial charge in [0.05, 0.1) is 0 Å². The molecule has 0 aromatic carbocycles. The van der Waals surface area contributed by atoms with Gasteiger partial charge in [-0.25, -0.2) is 0 Å². The van der Waals surface area contributed by atoms with Gasteiger partial charge in [-0.15, -0.1) is 0 Å². The van der Waals surface area contributed by atoms with E-state index in [4.69, 9.17) is 0 Å². The molecule has 5 heteroatoms. The zero-order chi connectivity index (χ0) is 23.2. The Hall–Kier alpha value is 0.0701. The van der Waals surface area contributed by atoms with Crippen LogP contribution in [-0.2, 0) is 22.9 Å². The molecule has 0 saturated carbocycles. The fourth-order valence-electron chi connectivity index (χ4n) is 4.93. The Bertz CT molecular complexity index is 927. The van der Waals surface area contributed by atoms with Crippen molar-refractivity contribution in [1.29, 1.82) is 0 Å². The van der Waals surface area contributed by atoms with Gasteiger partial charge in [-0.3, -0.25) is 0 Å². The summed E-state index contributed by atoms with van der Waals surface area (Å²) in [6, 6.07) is 0. The molecule has 0 saturated heterocycles. The van der Waals surface area contributed by atoms with Crippen molar-refractivity contribution in [2.45, 2.75) is 86.4 Å². The summed E-state index contributed by atoms with van der Waals surface area (Å²) < 4.78 is 1.48. The standard InChI is InChI=1S/2C15H19S.2ClH.Hf/c2*1-3-4-6-14(15-7-5-10-16-15)13-9-8-12(2)11-13;;;/h2*5,7,9-11H,3-4,6,8H2,1-2H3;2*1H;/q;;;;+2/p-2. The molecule has 0 spiro atoms. The summed E-state index contributed by atoms with van der Waals surface area (Å²) >= 11 is 3.08. The molecule has 35 heavy (non-hydrogen) atoms. The van der Waals surface area contributed by atoms with Crippen LogP contribution in [0.3, 0.4) is 0 Å². The van der Waals surface area contributed by atoms with Crippen molar-refractivity contribution in [2.75, 3.05) is 0 Å². The second-order valence-electron chi connectivity index (χ2n) is 9.62. The molecule has 0 nitrogen and oxygen atoms in total. The van der Waals surface area contributed by atoms with E-state index in [-0.39, 0.29) is 24.8 Å². The van der Waals surface area contributed by atoms with E-state index in [0.717, 1.165) is 20.2 Å². The predicted molar refractivity (Wildman–Crippen MR) is 147 cm³/mol. The second-order valence-corrected chi connectivity index (χ2v) is 17.2. The molecule has 4 rings (SSSR count). The molecule has 0 amide bonds. The molecule has 2 heterocycles. The largest absolute Gasteiger partial charge is 1.00 e. The van der Waals surface area contributed by atoms with Gasteiger partial charge in [0.2, 0.25) is 0 Å². The van der Waals surface area contributed by atoms with Gasteiger partial charge in [0.15, 0.2) is 0 Å². The number of thioether (sulfide) groups is 2. The Morgan fingerprint density at radius 3 is 1.54 bits per heavy atom. The number of hydrogen-bond acceptors (Lipinski definition) is 2. The normalized spacial score (nSPS) is 25.4. The minimum atomic E-state index is -0.999. The topological polar surface area (TPSA) is 0 Å². The Morgan fingerprint density at radius 2 is 1.20 bits per heavy atom. The maximum Gasteiger partial charge on any atom is -1.00 e. The first-order valence-electron chi connectivity index (χ1n) is 12.7. The molecule has 0 fully saturated rings. The van der Waals surface area contributed by atoms with Crippen LogP contribution in [0.4, 0.5) is 0 Å². The van der Waals surface area contributed by atoms with Crippen LogP contribution in [0.5, 0.6) is 0 Å². The predicted octanol–water partition coefficient (Wildman–Crippen LogP) is 4.62. The molecule has 2 aliphatic heterocycles. The molecular formula is C30H38Cl2HfS2. The van der Waals surface area contributed by atoms with Gasteiger partial charge < -0.3 is 24.8 Å². The summed E-state index contributed by atoms with van der Waals surface area (Å²) in [4.78, 5) is 3.42. The van der Waals surface area contributed by atoms with Crippen LogP contribution in [-0.4, -0.2) is 0 Å². The van der Waals surface area contributed by atoms with Crippen molar-refractivity contribution in [3.8, 4) is 0 Å². The summed E-state index contributed by atoms with van der Waals surface area (Å²) in [5.74, 6) is 0. The van der Waals surface area contributed by atoms with Crippen molar-refractivity contribution in [1.82, 2.24) is 0 Å². The Kier molecular flexibility index (Phi) is 13.8. The summed E-state index contributed by atoms with van der Waals surface area (Å²) in [5, 5.41) is 4.81. The third kappa shape index (κ3) is 8.03. The average molecular weight is 712 g/mol. The first kappa shape index (κ1) is 31.3. The Balaban J connectivity index is 0.00000216. The monoisotopic (exact) mass is 712 g/mol. The van der Waals surface area contributed by atoms with Gasteiger partial charge in [-0.1, -0.05) is 0 Å². The summed E-state index contributed by atoms with van der Waals surface area (Å²) in [6.45, 7) is 9.21. The Labute approximate surface area is 246 Å². The van der Waals surface area contributed by atoms with Crippen molar-refractivity contribution < 1.29 is 47.7 Å². The molecule has 188 valence electrons. The second kappa shape index (κ2) is 15.5. The van der Waals surface area contributed by atoms with Crippen molar-refractivity contribution in [3.05, 3.63) is 90.5 Å². The van der Waals surface area contributed by atoms with Gasteiger partial charge in [0.25, 0.3) is 0 Å². The molecular weight excluding hydrogens is 674 g/mol. The summed E-state index contributed by atoms with van der Waals surface area (Å²) in [6.07, 6.45) is 24.9. The average Bonchev–Trinajstić information content (AvgIpc) is 3.60. The third-order valence-corrected chi connectivity index (χ3v) is 16.4. The third-order valence-electron chi connectivity index (χ3n) is 6.80. The molecule has 2 aliphatic carbocycles. The number of hydrogen-bond donors (Lipinski definition) is 0. The maximum absolute atomic E-state index is 2.57. The molecule has 0 radical (unpaired) electrons. The van der Waals surface area contributed by atoms with Gasteiger partial charge in [0.1, 0.15) is 0 Å². The first-order chi connectivity index (χ1) is 16.1. The van der Waals surface area contributed by atoms with E-state index in [0.29, 0.717) is 0 Å². The molecule has 2 unspecified atom stereocenters. The van der Waals surface area contributed by atoms with Crippen LogP contribution in [0.2, 0.25) is 7.35 Å². The molecule has 0 aromatic heterocycles. The minimum absolute atomic E-state index is 0. The summed E-state index contributed by atoms with van der Waals surface area (Å²) in [7, 11) is 0. The number of halogens is 2. The fourth-order valence-corrected chi connectivity index (χ4v) is 15.7. The van der Waals surface area contributed by atoms with E-state index in [2.05, 4.69) is 75.0 Å². The van der Waals surface area contributed by atoms with E-state index in [1.165, 1.54) is 60.8 Å². The van der Waals surface area contributed by atoms with Gasteiger partial charge in [-0.2, -0.15) is 0 Å². The van der Waals surface area contributed by atoms with Crippen molar-refractivity contribution >= 4 is 23.5 Å². The van der Waals surface area contributed by atoms with E-state index >= 15 is 0 Å². The summed E-state index contributed by atoms with van der Waals surface area (Å²) in [5.41, 5.74) is 9.45. The zero-order valence-electron chi connectivity index (χ0n) is 21.5. The van der Waals surface area contributed by atoms with E-state index < -0.39 is 22.9 Å². The first-order valence-corrected chi connectivity index (χ1v) is 18.7. The molecule has 2 atom stereocenters. The fraction of sp³-hybridized carbons (Fsp3) is 0.467. The van der Waals surface area contributed by atoms with Crippen molar-refractivity contribution in [2.24, 2.45) is 0 Å². The van der Waals surface area contributed by atoms with Crippen molar-refractivity contribution in [3.63, 3.8) is 0 Å². The van der Waals surface area contributed by atoms with Crippen LogP contribution in [0.1, 0.15) is 79.1 Å². The van der Waals surface area contributed by atoms with E-state index in [1.807, 2.05) is 23.5 Å². The molecule has 0 aromatic rings. The van der Waals surface area contributed by atoms with Gasteiger partial charge in [0, 0.05) is 0 Å². The number of rotatable bonds is 10. The van der Waals surface area contributed by atoms with Gasteiger partial charge >= 0.3 is 223 Å². The van der Waals surface area contributed by atoms with E-state index in [9.17, 15) is 0 Å².